The summed E-state index contributed by atoms with van der Waals surface area (Å²) in [6, 6.07) is 0. The van der Waals surface area contributed by atoms with E-state index in [4.69, 9.17) is 23.1 Å². The number of rotatable bonds is 3. The molecule has 2 unspecified atom stereocenters. The highest BCUT2D eigenvalue weighted by Gasteiger charge is 2.17. The fourth-order valence-electron chi connectivity index (χ4n) is 0.844. The molecule has 0 aliphatic heterocycles. The molecule has 0 aromatic carbocycles. The number of nitrogen functional groups attached to an aromatic ring is 1. The largest absolute Gasteiger partial charge is 0.372 e. The first kappa shape index (κ1) is 9.31. The molecule has 1 aromatic heterocycles. The molecule has 0 fully saturated rings. The van der Waals surface area contributed by atoms with E-state index in [1.165, 1.54) is 10.8 Å². The van der Waals surface area contributed by atoms with Gasteiger partial charge in [0.05, 0.1) is 5.38 Å². The molecule has 0 radical (unpaired) electrons. The van der Waals surface area contributed by atoms with Gasteiger partial charge in [0, 0.05) is 18.9 Å². The minimum atomic E-state index is -0.917. The molecule has 0 amide bonds. The first-order valence-corrected chi connectivity index (χ1v) is 3.91. The van der Waals surface area contributed by atoms with Crippen LogP contribution in [0.15, 0.2) is 12.4 Å². The molecule has 12 heavy (non-hydrogen) atoms. The number of aliphatic hydroxyl groups excluding tert-OH is 1. The van der Waals surface area contributed by atoms with Crippen LogP contribution in [0, 0.1) is 0 Å². The standard InChI is InChI=1S/C6H11ClN4O/c7-4(3-8)5(12)11-2-1-10-6(11)9/h1-2,4-5,12H,3,8H2,(H2,9,10). The maximum atomic E-state index is 9.49. The van der Waals surface area contributed by atoms with Crippen LogP contribution in [0.2, 0.25) is 0 Å². The Morgan fingerprint density at radius 3 is 2.83 bits per heavy atom. The van der Waals surface area contributed by atoms with E-state index in [0.717, 1.165) is 0 Å². The van der Waals surface area contributed by atoms with Crippen molar-refractivity contribution in [3.63, 3.8) is 0 Å². The molecule has 0 saturated carbocycles. The van der Waals surface area contributed by atoms with Crippen LogP contribution in [0.4, 0.5) is 5.95 Å². The molecule has 1 heterocycles. The summed E-state index contributed by atoms with van der Waals surface area (Å²) in [5.41, 5.74) is 10.7. The quantitative estimate of drug-likeness (QED) is 0.562. The predicted octanol–water partition coefficient (Wildman–Crippen LogP) is -0.478. The first-order valence-electron chi connectivity index (χ1n) is 3.47. The molecule has 1 aromatic rings. The van der Waals surface area contributed by atoms with Gasteiger partial charge in [-0.05, 0) is 0 Å². The van der Waals surface area contributed by atoms with Crippen LogP contribution in [-0.2, 0) is 0 Å². The van der Waals surface area contributed by atoms with Gasteiger partial charge in [0.25, 0.3) is 0 Å². The van der Waals surface area contributed by atoms with Gasteiger partial charge < -0.3 is 16.6 Å². The van der Waals surface area contributed by atoms with Crippen molar-refractivity contribution in [1.82, 2.24) is 9.55 Å². The van der Waals surface area contributed by atoms with E-state index in [-0.39, 0.29) is 12.5 Å². The maximum absolute atomic E-state index is 9.49. The second-order valence-corrected chi connectivity index (χ2v) is 2.92. The lowest BCUT2D eigenvalue weighted by molar-refractivity contribution is 0.103. The van der Waals surface area contributed by atoms with Crippen LogP contribution in [0.5, 0.6) is 0 Å². The summed E-state index contributed by atoms with van der Waals surface area (Å²) in [5, 5.41) is 8.94. The van der Waals surface area contributed by atoms with Crippen molar-refractivity contribution >= 4 is 17.5 Å². The summed E-state index contributed by atoms with van der Waals surface area (Å²) in [5.74, 6) is 0.224. The Bertz CT molecular complexity index is 251. The van der Waals surface area contributed by atoms with Gasteiger partial charge in [-0.25, -0.2) is 4.98 Å². The van der Waals surface area contributed by atoms with Gasteiger partial charge in [0.1, 0.15) is 0 Å². The van der Waals surface area contributed by atoms with E-state index >= 15 is 0 Å². The smallest absolute Gasteiger partial charge is 0.202 e. The molecule has 5 nitrogen and oxygen atoms in total. The van der Waals surface area contributed by atoms with E-state index in [1.807, 2.05) is 0 Å². The molecule has 68 valence electrons. The summed E-state index contributed by atoms with van der Waals surface area (Å²) < 4.78 is 1.37. The average molecular weight is 191 g/mol. The highest BCUT2D eigenvalue weighted by atomic mass is 35.5. The van der Waals surface area contributed by atoms with E-state index in [2.05, 4.69) is 4.98 Å². The summed E-state index contributed by atoms with van der Waals surface area (Å²) in [6.45, 7) is 0.181. The molecule has 0 spiro atoms. The van der Waals surface area contributed by atoms with Crippen molar-refractivity contribution in [2.75, 3.05) is 12.3 Å². The molecule has 5 N–H and O–H groups in total. The third-order valence-corrected chi connectivity index (χ3v) is 1.94. The van der Waals surface area contributed by atoms with E-state index in [0.29, 0.717) is 0 Å². The predicted molar refractivity (Wildman–Crippen MR) is 46.6 cm³/mol. The molecule has 0 bridgehead atoms. The second-order valence-electron chi connectivity index (χ2n) is 2.36. The van der Waals surface area contributed by atoms with Crippen molar-refractivity contribution in [3.8, 4) is 0 Å². The lowest BCUT2D eigenvalue weighted by Gasteiger charge is -2.17. The Hall–Kier alpha value is -0.780. The molecule has 0 aliphatic rings. The van der Waals surface area contributed by atoms with Gasteiger partial charge in [0.15, 0.2) is 6.23 Å². The highest BCUT2D eigenvalue weighted by Crippen LogP contribution is 2.15. The number of aliphatic hydroxyl groups is 1. The monoisotopic (exact) mass is 190 g/mol. The summed E-state index contributed by atoms with van der Waals surface area (Å²) in [6.07, 6.45) is 2.11. The van der Waals surface area contributed by atoms with Gasteiger partial charge >= 0.3 is 0 Å². The van der Waals surface area contributed by atoms with Crippen molar-refractivity contribution in [1.29, 1.82) is 0 Å². The number of anilines is 1. The van der Waals surface area contributed by atoms with E-state index < -0.39 is 11.6 Å². The topological polar surface area (TPSA) is 90.1 Å². The van der Waals surface area contributed by atoms with Crippen LogP contribution in [0.3, 0.4) is 0 Å². The third kappa shape index (κ3) is 1.69. The number of nitrogens with zero attached hydrogens (tertiary/aromatic N) is 2. The molecule has 2 atom stereocenters. The average Bonchev–Trinajstić information content (AvgIpc) is 2.48. The molecular formula is C6H11ClN4O. The van der Waals surface area contributed by atoms with Gasteiger partial charge in [-0.1, -0.05) is 0 Å². The number of halogens is 1. The number of hydrogen-bond acceptors (Lipinski definition) is 4. The summed E-state index contributed by atoms with van der Waals surface area (Å²) in [7, 11) is 0. The Balaban J connectivity index is 2.77. The minimum absolute atomic E-state index is 0.181. The van der Waals surface area contributed by atoms with Crippen molar-refractivity contribution in [3.05, 3.63) is 12.4 Å². The van der Waals surface area contributed by atoms with Crippen molar-refractivity contribution < 1.29 is 5.11 Å². The fourth-order valence-corrected chi connectivity index (χ4v) is 0.966. The summed E-state index contributed by atoms with van der Waals surface area (Å²) >= 11 is 5.70. The lowest BCUT2D eigenvalue weighted by atomic mass is 10.3. The molecular weight excluding hydrogens is 180 g/mol. The van der Waals surface area contributed by atoms with Gasteiger partial charge in [-0.15, -0.1) is 11.6 Å². The molecule has 6 heteroatoms. The number of hydrogen-bond donors (Lipinski definition) is 3. The van der Waals surface area contributed by atoms with Gasteiger partial charge in [0.2, 0.25) is 5.95 Å². The minimum Gasteiger partial charge on any atom is -0.372 e. The third-order valence-electron chi connectivity index (χ3n) is 1.53. The number of nitrogens with two attached hydrogens (primary N) is 2. The molecule has 0 saturated heterocycles. The zero-order chi connectivity index (χ0) is 9.14. The Morgan fingerprint density at radius 2 is 2.42 bits per heavy atom. The Labute approximate surface area is 74.9 Å². The Morgan fingerprint density at radius 1 is 1.75 bits per heavy atom. The number of imidazole rings is 1. The zero-order valence-corrected chi connectivity index (χ0v) is 7.15. The number of alkyl halides is 1. The van der Waals surface area contributed by atoms with Crippen LogP contribution in [0.1, 0.15) is 6.23 Å². The SMILES string of the molecule is NCC(Cl)C(O)n1ccnc1N. The van der Waals surface area contributed by atoms with Crippen molar-refractivity contribution in [2.45, 2.75) is 11.6 Å². The second kappa shape index (κ2) is 3.75. The van der Waals surface area contributed by atoms with E-state index in [9.17, 15) is 5.11 Å². The summed E-state index contributed by atoms with van der Waals surface area (Å²) in [4.78, 5) is 3.74. The Kier molecular flexibility index (Phi) is 2.91. The maximum Gasteiger partial charge on any atom is 0.202 e. The van der Waals surface area contributed by atoms with Crippen LogP contribution in [0.25, 0.3) is 0 Å². The number of aromatic nitrogens is 2. The fraction of sp³-hybridized carbons (Fsp3) is 0.500. The van der Waals surface area contributed by atoms with Crippen LogP contribution >= 0.6 is 11.6 Å². The van der Waals surface area contributed by atoms with Crippen LogP contribution < -0.4 is 11.5 Å². The normalized spacial score (nSPS) is 15.9. The van der Waals surface area contributed by atoms with Crippen LogP contribution in [-0.4, -0.2) is 26.6 Å². The van der Waals surface area contributed by atoms with Gasteiger partial charge in [-0.2, -0.15) is 0 Å². The molecule has 1 rings (SSSR count). The van der Waals surface area contributed by atoms with E-state index in [1.54, 1.807) is 6.20 Å². The first-order chi connectivity index (χ1) is 5.66. The molecule has 0 aliphatic carbocycles. The lowest BCUT2D eigenvalue weighted by Crippen LogP contribution is -2.27. The van der Waals surface area contributed by atoms with Crippen molar-refractivity contribution in [2.24, 2.45) is 5.73 Å². The van der Waals surface area contributed by atoms with Gasteiger partial charge in [-0.3, -0.25) is 4.57 Å². The zero-order valence-electron chi connectivity index (χ0n) is 6.39. The highest BCUT2D eigenvalue weighted by molar-refractivity contribution is 6.21.